The number of nitrogens with zero attached hydrogens (tertiary/aromatic N) is 2. The lowest BCUT2D eigenvalue weighted by molar-refractivity contribution is -0.113. The summed E-state index contributed by atoms with van der Waals surface area (Å²) in [5, 5.41) is 15.0. The maximum absolute atomic E-state index is 11.8. The van der Waals surface area contributed by atoms with Crippen LogP contribution >= 0.6 is 23.1 Å². The molecule has 1 aromatic heterocycles. The number of para-hydroxylation sites is 1. The van der Waals surface area contributed by atoms with E-state index in [0.29, 0.717) is 11.7 Å². The summed E-state index contributed by atoms with van der Waals surface area (Å²) in [6.45, 7) is 5.14. The van der Waals surface area contributed by atoms with Crippen LogP contribution in [0.4, 0.5) is 10.8 Å². The number of aromatic nitrogens is 2. The molecular formula is C14H18N4OS2. The van der Waals surface area contributed by atoms with Crippen molar-refractivity contribution >= 4 is 39.8 Å². The number of thioether (sulfide) groups is 1. The van der Waals surface area contributed by atoms with Crippen molar-refractivity contribution in [1.82, 2.24) is 10.2 Å². The highest BCUT2D eigenvalue weighted by molar-refractivity contribution is 8.01. The summed E-state index contributed by atoms with van der Waals surface area (Å²) < 4.78 is 0.796. The van der Waals surface area contributed by atoms with E-state index in [1.54, 1.807) is 0 Å². The molecule has 0 saturated heterocycles. The van der Waals surface area contributed by atoms with Gasteiger partial charge in [0, 0.05) is 12.2 Å². The molecular weight excluding hydrogens is 304 g/mol. The molecule has 2 aromatic rings. The molecule has 21 heavy (non-hydrogen) atoms. The third kappa shape index (κ3) is 5.73. The molecule has 0 radical (unpaired) electrons. The Hall–Kier alpha value is -1.60. The number of hydrogen-bond donors (Lipinski definition) is 2. The van der Waals surface area contributed by atoms with Crippen molar-refractivity contribution in [3.05, 3.63) is 30.3 Å². The van der Waals surface area contributed by atoms with Gasteiger partial charge in [-0.15, -0.1) is 10.2 Å². The normalized spacial score (nSPS) is 10.6. The van der Waals surface area contributed by atoms with Gasteiger partial charge in [-0.3, -0.25) is 4.79 Å². The van der Waals surface area contributed by atoms with E-state index in [1.165, 1.54) is 23.1 Å². The summed E-state index contributed by atoms with van der Waals surface area (Å²) in [5.74, 6) is 0.841. The van der Waals surface area contributed by atoms with Crippen LogP contribution in [-0.4, -0.2) is 28.4 Å². The number of anilines is 2. The molecule has 2 N–H and O–H groups in total. The number of benzene rings is 1. The van der Waals surface area contributed by atoms with Gasteiger partial charge in [-0.2, -0.15) is 0 Å². The Morgan fingerprint density at radius 3 is 2.76 bits per heavy atom. The summed E-state index contributed by atoms with van der Waals surface area (Å²) in [4.78, 5) is 11.8. The van der Waals surface area contributed by atoms with E-state index in [9.17, 15) is 4.79 Å². The van der Waals surface area contributed by atoms with Crippen molar-refractivity contribution in [2.45, 2.75) is 18.2 Å². The number of nitrogens with one attached hydrogen (secondary N) is 2. The second kappa shape index (κ2) is 7.99. The van der Waals surface area contributed by atoms with Crippen LogP contribution in [0, 0.1) is 5.92 Å². The van der Waals surface area contributed by atoms with Crippen molar-refractivity contribution < 1.29 is 4.79 Å². The number of hydrogen-bond acceptors (Lipinski definition) is 6. The number of rotatable bonds is 7. The SMILES string of the molecule is CC(C)CNc1nnc(SCC(=O)Nc2ccccc2)s1. The zero-order valence-corrected chi connectivity index (χ0v) is 13.6. The minimum Gasteiger partial charge on any atom is -0.360 e. The van der Waals surface area contributed by atoms with Crippen LogP contribution in [0.2, 0.25) is 0 Å². The lowest BCUT2D eigenvalue weighted by Gasteiger charge is -2.03. The fourth-order valence-electron chi connectivity index (χ4n) is 1.48. The molecule has 5 nitrogen and oxygen atoms in total. The van der Waals surface area contributed by atoms with Gasteiger partial charge in [0.2, 0.25) is 11.0 Å². The Balaban J connectivity index is 1.76. The molecule has 0 unspecified atom stereocenters. The zero-order valence-electron chi connectivity index (χ0n) is 12.0. The standard InChI is InChI=1S/C14H18N4OS2/c1-10(2)8-15-13-17-18-14(21-13)20-9-12(19)16-11-6-4-3-5-7-11/h3-7,10H,8-9H2,1-2H3,(H,15,17)(H,16,19). The maximum atomic E-state index is 11.8. The van der Waals surface area contributed by atoms with Gasteiger partial charge in [0.25, 0.3) is 0 Å². The Morgan fingerprint density at radius 2 is 2.05 bits per heavy atom. The van der Waals surface area contributed by atoms with Crippen molar-refractivity contribution in [1.29, 1.82) is 0 Å². The lowest BCUT2D eigenvalue weighted by Crippen LogP contribution is -2.13. The molecule has 0 atom stereocenters. The highest BCUT2D eigenvalue weighted by atomic mass is 32.2. The first-order valence-corrected chi connectivity index (χ1v) is 8.49. The van der Waals surface area contributed by atoms with Crippen LogP contribution in [0.25, 0.3) is 0 Å². The zero-order chi connectivity index (χ0) is 15.1. The molecule has 0 aliphatic carbocycles. The first kappa shape index (κ1) is 15.8. The van der Waals surface area contributed by atoms with Gasteiger partial charge < -0.3 is 10.6 Å². The first-order valence-electron chi connectivity index (χ1n) is 6.68. The van der Waals surface area contributed by atoms with Crippen LogP contribution in [0.5, 0.6) is 0 Å². The summed E-state index contributed by atoms with van der Waals surface area (Å²) in [6, 6.07) is 9.42. The van der Waals surface area contributed by atoms with Crippen LogP contribution < -0.4 is 10.6 Å². The van der Waals surface area contributed by atoms with E-state index in [-0.39, 0.29) is 5.91 Å². The van der Waals surface area contributed by atoms with Gasteiger partial charge in [0.15, 0.2) is 4.34 Å². The molecule has 1 heterocycles. The van der Waals surface area contributed by atoms with Crippen molar-refractivity contribution in [2.24, 2.45) is 5.92 Å². The van der Waals surface area contributed by atoms with E-state index in [4.69, 9.17) is 0 Å². The molecule has 0 fully saturated rings. The molecule has 0 bridgehead atoms. The molecule has 1 amide bonds. The van der Waals surface area contributed by atoms with E-state index < -0.39 is 0 Å². The Labute approximate surface area is 132 Å². The van der Waals surface area contributed by atoms with Crippen LogP contribution in [0.1, 0.15) is 13.8 Å². The quantitative estimate of drug-likeness (QED) is 0.765. The van der Waals surface area contributed by atoms with E-state index in [2.05, 4.69) is 34.7 Å². The second-order valence-electron chi connectivity index (χ2n) is 4.85. The number of carbonyl (C=O) groups is 1. The first-order chi connectivity index (χ1) is 10.1. The third-order valence-electron chi connectivity index (χ3n) is 2.45. The minimum atomic E-state index is -0.0434. The summed E-state index contributed by atoms with van der Waals surface area (Å²) in [5.41, 5.74) is 0.805. The lowest BCUT2D eigenvalue weighted by atomic mass is 10.2. The van der Waals surface area contributed by atoms with Crippen molar-refractivity contribution in [2.75, 3.05) is 22.9 Å². The predicted octanol–water partition coefficient (Wildman–Crippen LogP) is 3.34. The number of carbonyl (C=O) groups excluding carboxylic acids is 1. The van der Waals surface area contributed by atoms with E-state index in [1.807, 2.05) is 30.3 Å². The fraction of sp³-hybridized carbons (Fsp3) is 0.357. The second-order valence-corrected chi connectivity index (χ2v) is 7.05. The fourth-order valence-corrected chi connectivity index (χ4v) is 3.04. The van der Waals surface area contributed by atoms with Crippen LogP contribution in [0.3, 0.4) is 0 Å². The van der Waals surface area contributed by atoms with Crippen molar-refractivity contribution in [3.8, 4) is 0 Å². The van der Waals surface area contributed by atoms with Crippen LogP contribution in [0.15, 0.2) is 34.7 Å². The Morgan fingerprint density at radius 1 is 1.29 bits per heavy atom. The Bertz CT molecular complexity index is 571. The predicted molar refractivity (Wildman–Crippen MR) is 89.0 cm³/mol. The molecule has 7 heteroatoms. The van der Waals surface area contributed by atoms with E-state index >= 15 is 0 Å². The van der Waals surface area contributed by atoms with E-state index in [0.717, 1.165) is 21.7 Å². The topological polar surface area (TPSA) is 66.9 Å². The minimum absolute atomic E-state index is 0.0434. The number of amides is 1. The molecule has 0 spiro atoms. The average Bonchev–Trinajstić information content (AvgIpc) is 2.92. The molecule has 1 aromatic carbocycles. The highest BCUT2D eigenvalue weighted by Crippen LogP contribution is 2.25. The summed E-state index contributed by atoms with van der Waals surface area (Å²) in [7, 11) is 0. The van der Waals surface area contributed by atoms with Gasteiger partial charge in [0.05, 0.1) is 5.75 Å². The largest absolute Gasteiger partial charge is 0.360 e. The molecule has 0 aliphatic heterocycles. The third-order valence-corrected chi connectivity index (χ3v) is 4.47. The monoisotopic (exact) mass is 322 g/mol. The summed E-state index contributed by atoms with van der Waals surface area (Å²) in [6.07, 6.45) is 0. The van der Waals surface area contributed by atoms with Gasteiger partial charge in [-0.25, -0.2) is 0 Å². The molecule has 0 saturated carbocycles. The molecule has 112 valence electrons. The summed E-state index contributed by atoms with van der Waals surface area (Å²) >= 11 is 2.87. The highest BCUT2D eigenvalue weighted by Gasteiger charge is 2.08. The smallest absolute Gasteiger partial charge is 0.234 e. The molecule has 2 rings (SSSR count). The van der Waals surface area contributed by atoms with Gasteiger partial charge in [-0.05, 0) is 18.1 Å². The van der Waals surface area contributed by atoms with Gasteiger partial charge in [-0.1, -0.05) is 55.1 Å². The van der Waals surface area contributed by atoms with Crippen molar-refractivity contribution in [3.63, 3.8) is 0 Å². The average molecular weight is 322 g/mol. The van der Waals surface area contributed by atoms with Crippen LogP contribution in [-0.2, 0) is 4.79 Å². The maximum Gasteiger partial charge on any atom is 0.234 e. The Kier molecular flexibility index (Phi) is 6.01. The molecule has 0 aliphatic rings. The van der Waals surface area contributed by atoms with Gasteiger partial charge >= 0.3 is 0 Å². The van der Waals surface area contributed by atoms with Gasteiger partial charge in [0.1, 0.15) is 0 Å².